The summed E-state index contributed by atoms with van der Waals surface area (Å²) in [5.41, 5.74) is 2.20. The summed E-state index contributed by atoms with van der Waals surface area (Å²) >= 11 is 0. The SMILES string of the molecule is CS(=O)(=O)Nc1ccc2c(c1)c(CCCNC(=O)CCCCCCC(=O)O)cn2C1CC(O)C(CO)O1. The Labute approximate surface area is 216 Å². The number of anilines is 1. The summed E-state index contributed by atoms with van der Waals surface area (Å²) in [4.78, 5) is 22.6. The summed E-state index contributed by atoms with van der Waals surface area (Å²) in [7, 11) is -3.45. The topological polar surface area (TPSA) is 167 Å². The highest BCUT2D eigenvalue weighted by atomic mass is 32.2. The van der Waals surface area contributed by atoms with Gasteiger partial charge in [-0.2, -0.15) is 0 Å². The maximum Gasteiger partial charge on any atom is 0.303 e. The van der Waals surface area contributed by atoms with Crippen LogP contribution in [-0.4, -0.2) is 71.8 Å². The van der Waals surface area contributed by atoms with Gasteiger partial charge < -0.3 is 29.9 Å². The van der Waals surface area contributed by atoms with E-state index in [9.17, 15) is 28.2 Å². The Morgan fingerprint density at radius 2 is 1.86 bits per heavy atom. The van der Waals surface area contributed by atoms with Gasteiger partial charge in [0.05, 0.1) is 24.5 Å². The second-order valence-corrected chi connectivity index (χ2v) is 11.3. The molecule has 1 aliphatic rings. The third-order valence-electron chi connectivity index (χ3n) is 6.40. The number of unbranched alkanes of at least 4 members (excludes halogenated alkanes) is 3. The number of hydrogen-bond donors (Lipinski definition) is 5. The first-order valence-electron chi connectivity index (χ1n) is 12.6. The fraction of sp³-hybridized carbons (Fsp3) is 0.600. The summed E-state index contributed by atoms with van der Waals surface area (Å²) in [6, 6.07) is 5.23. The molecule has 206 valence electrons. The third kappa shape index (κ3) is 8.70. The van der Waals surface area contributed by atoms with Crippen molar-refractivity contribution in [2.24, 2.45) is 0 Å². The molecular formula is C25H37N3O8S. The van der Waals surface area contributed by atoms with Gasteiger partial charge in [0.25, 0.3) is 0 Å². The molecule has 0 aliphatic carbocycles. The predicted octanol–water partition coefficient (Wildman–Crippen LogP) is 2.13. The highest BCUT2D eigenvalue weighted by Crippen LogP contribution is 2.35. The van der Waals surface area contributed by atoms with Crippen molar-refractivity contribution in [1.29, 1.82) is 0 Å². The molecule has 1 saturated heterocycles. The molecule has 0 radical (unpaired) electrons. The maximum absolute atomic E-state index is 12.1. The van der Waals surface area contributed by atoms with Gasteiger partial charge in [-0.1, -0.05) is 12.8 Å². The van der Waals surface area contributed by atoms with E-state index in [0.717, 1.165) is 42.0 Å². The molecule has 1 aromatic heterocycles. The largest absolute Gasteiger partial charge is 0.481 e. The number of ether oxygens (including phenoxy) is 1. The van der Waals surface area contributed by atoms with E-state index in [1.165, 1.54) is 0 Å². The molecule has 0 bridgehead atoms. The van der Waals surface area contributed by atoms with Gasteiger partial charge in [-0.25, -0.2) is 8.42 Å². The molecule has 0 saturated carbocycles. The zero-order valence-corrected chi connectivity index (χ0v) is 21.9. The Hall–Kier alpha value is -2.67. The van der Waals surface area contributed by atoms with Gasteiger partial charge in [0.15, 0.2) is 0 Å². The molecule has 1 aromatic carbocycles. The van der Waals surface area contributed by atoms with Gasteiger partial charge in [-0.3, -0.25) is 14.3 Å². The first kappa shape index (κ1) is 28.9. The van der Waals surface area contributed by atoms with Crippen LogP contribution in [0.2, 0.25) is 0 Å². The fourth-order valence-corrected chi connectivity index (χ4v) is 5.16. The van der Waals surface area contributed by atoms with E-state index in [0.29, 0.717) is 44.3 Å². The number of rotatable bonds is 15. The van der Waals surface area contributed by atoms with Crippen molar-refractivity contribution >= 4 is 38.5 Å². The van der Waals surface area contributed by atoms with Crippen LogP contribution in [0, 0.1) is 0 Å². The number of hydrogen-bond acceptors (Lipinski definition) is 7. The number of amides is 1. The summed E-state index contributed by atoms with van der Waals surface area (Å²) < 4.78 is 33.7. The molecule has 5 N–H and O–H groups in total. The molecule has 37 heavy (non-hydrogen) atoms. The molecule has 3 rings (SSSR count). The molecule has 3 atom stereocenters. The molecule has 2 heterocycles. The van der Waals surface area contributed by atoms with E-state index < -0.39 is 34.4 Å². The van der Waals surface area contributed by atoms with E-state index in [4.69, 9.17) is 9.84 Å². The normalized spacial score (nSPS) is 19.8. The zero-order valence-electron chi connectivity index (χ0n) is 21.1. The summed E-state index contributed by atoms with van der Waals surface area (Å²) in [5.74, 6) is -0.838. The van der Waals surface area contributed by atoms with Crippen LogP contribution in [0.3, 0.4) is 0 Å². The molecule has 0 spiro atoms. The number of aryl methyl sites for hydroxylation is 1. The Balaban J connectivity index is 1.61. The van der Waals surface area contributed by atoms with Crippen molar-refractivity contribution in [3.05, 3.63) is 30.0 Å². The van der Waals surface area contributed by atoms with Crippen LogP contribution in [0.5, 0.6) is 0 Å². The second kappa shape index (κ2) is 13.2. The molecule has 2 aromatic rings. The molecule has 1 amide bonds. The lowest BCUT2D eigenvalue weighted by Gasteiger charge is -2.15. The van der Waals surface area contributed by atoms with Crippen molar-refractivity contribution in [1.82, 2.24) is 9.88 Å². The van der Waals surface area contributed by atoms with Crippen molar-refractivity contribution < 1.29 is 38.1 Å². The number of carboxylic acid groups (broad SMARTS) is 1. The van der Waals surface area contributed by atoms with Crippen molar-refractivity contribution in [3.8, 4) is 0 Å². The van der Waals surface area contributed by atoms with Gasteiger partial charge in [-0.15, -0.1) is 0 Å². The Morgan fingerprint density at radius 3 is 2.51 bits per heavy atom. The molecule has 3 unspecified atom stereocenters. The van der Waals surface area contributed by atoms with Crippen LogP contribution >= 0.6 is 0 Å². The van der Waals surface area contributed by atoms with Gasteiger partial charge >= 0.3 is 5.97 Å². The minimum Gasteiger partial charge on any atom is -0.481 e. The maximum atomic E-state index is 12.1. The number of carbonyl (C=O) groups is 2. The van der Waals surface area contributed by atoms with Gasteiger partial charge in [-0.05, 0) is 49.4 Å². The number of aliphatic carboxylic acids is 1. The lowest BCUT2D eigenvalue weighted by atomic mass is 10.1. The Kier molecular flexibility index (Phi) is 10.3. The molecular weight excluding hydrogens is 502 g/mol. The number of sulfonamides is 1. The van der Waals surface area contributed by atoms with E-state index in [1.54, 1.807) is 18.2 Å². The van der Waals surface area contributed by atoms with Gasteiger partial charge in [0.1, 0.15) is 12.3 Å². The van der Waals surface area contributed by atoms with Crippen molar-refractivity contribution in [3.63, 3.8) is 0 Å². The number of carbonyl (C=O) groups excluding carboxylic acids is 1. The summed E-state index contributed by atoms with van der Waals surface area (Å²) in [5, 5.41) is 32.0. The van der Waals surface area contributed by atoms with Crippen LogP contribution in [0.4, 0.5) is 5.69 Å². The number of carboxylic acids is 1. The standard InChI is InChI=1S/C25H37N3O8S/c1-37(34,35)27-18-10-11-20-19(13-18)17(15-28(20)24-14-21(30)22(16-29)36-24)7-6-12-26-23(31)8-4-2-3-5-9-25(32)33/h10-11,13,15,21-22,24,27,29-30H,2-9,12,14,16H2,1H3,(H,26,31)(H,32,33). The second-order valence-electron chi connectivity index (χ2n) is 9.54. The first-order chi connectivity index (χ1) is 17.6. The minimum absolute atomic E-state index is 0.0383. The van der Waals surface area contributed by atoms with Crippen LogP contribution in [0.1, 0.15) is 63.2 Å². The third-order valence-corrected chi connectivity index (χ3v) is 7.01. The van der Waals surface area contributed by atoms with E-state index >= 15 is 0 Å². The highest BCUT2D eigenvalue weighted by molar-refractivity contribution is 7.92. The average Bonchev–Trinajstić information content (AvgIpc) is 3.37. The molecule has 11 nitrogen and oxygen atoms in total. The van der Waals surface area contributed by atoms with Crippen molar-refractivity contribution in [2.75, 3.05) is 24.1 Å². The minimum atomic E-state index is -3.45. The van der Waals surface area contributed by atoms with E-state index in [-0.39, 0.29) is 18.9 Å². The smallest absolute Gasteiger partial charge is 0.303 e. The number of fused-ring (bicyclic) bond motifs is 1. The van der Waals surface area contributed by atoms with Crippen LogP contribution < -0.4 is 10.0 Å². The highest BCUT2D eigenvalue weighted by Gasteiger charge is 2.35. The average molecular weight is 540 g/mol. The lowest BCUT2D eigenvalue weighted by Crippen LogP contribution is -2.24. The van der Waals surface area contributed by atoms with Crippen LogP contribution in [0.15, 0.2) is 24.4 Å². The van der Waals surface area contributed by atoms with Gasteiger partial charge in [0.2, 0.25) is 15.9 Å². The Morgan fingerprint density at radius 1 is 1.14 bits per heavy atom. The van der Waals surface area contributed by atoms with Gasteiger partial charge in [0, 0.05) is 43.1 Å². The Bertz CT molecular complexity index is 1180. The quantitative estimate of drug-likeness (QED) is 0.215. The predicted molar refractivity (Wildman–Crippen MR) is 139 cm³/mol. The van der Waals surface area contributed by atoms with Crippen molar-refractivity contribution in [2.45, 2.75) is 76.2 Å². The summed E-state index contributed by atoms with van der Waals surface area (Å²) in [6.07, 6.45) is 6.23. The fourth-order valence-electron chi connectivity index (χ4n) is 4.60. The molecule has 12 heteroatoms. The van der Waals surface area contributed by atoms with E-state index in [2.05, 4.69) is 10.0 Å². The number of aromatic nitrogens is 1. The molecule has 1 aliphatic heterocycles. The number of nitrogens with one attached hydrogen (secondary N) is 2. The van der Waals surface area contributed by atoms with Crippen LogP contribution in [-0.2, 0) is 30.8 Å². The number of aliphatic hydroxyl groups is 2. The lowest BCUT2D eigenvalue weighted by molar-refractivity contribution is -0.137. The van der Waals surface area contributed by atoms with E-state index in [1.807, 2.05) is 10.8 Å². The first-order valence-corrected chi connectivity index (χ1v) is 14.5. The number of benzene rings is 1. The summed E-state index contributed by atoms with van der Waals surface area (Å²) in [6.45, 7) is 0.200. The monoisotopic (exact) mass is 539 g/mol. The number of nitrogens with zero attached hydrogens (tertiary/aromatic N) is 1. The number of aliphatic hydroxyl groups excluding tert-OH is 2. The zero-order chi connectivity index (χ0) is 27.0. The van der Waals surface area contributed by atoms with Crippen LogP contribution in [0.25, 0.3) is 10.9 Å². The molecule has 1 fully saturated rings.